The molecule has 0 radical (unpaired) electrons. The highest BCUT2D eigenvalue weighted by Crippen LogP contribution is 2.38. The molecule has 0 atom stereocenters. The molecule has 1 heterocycles. The molecule has 43 heavy (non-hydrogen) atoms. The number of unbranched alkanes of at least 4 members (excludes halogenated alkanes) is 1. The van der Waals surface area contributed by atoms with Gasteiger partial charge in [0.15, 0.2) is 0 Å². The lowest BCUT2D eigenvalue weighted by Crippen LogP contribution is -2.15. The predicted molar refractivity (Wildman–Crippen MR) is 178 cm³/mol. The smallest absolute Gasteiger partial charge is 0.355 e. The quantitative estimate of drug-likeness (QED) is 0.123. The molecule has 0 aliphatic rings. The van der Waals surface area contributed by atoms with Crippen LogP contribution in [0.4, 0.5) is 0 Å². The van der Waals surface area contributed by atoms with Crippen LogP contribution in [0, 0.1) is 6.92 Å². The number of carbonyl (C=O) groups excluding carboxylic acids is 1. The number of benzene rings is 4. The minimum absolute atomic E-state index is 0.0431. The van der Waals surface area contributed by atoms with E-state index in [9.17, 15) is 4.79 Å². The number of carbonyl (C=O) groups is 1. The number of fused-ring (bicyclic) bond motifs is 1. The van der Waals surface area contributed by atoms with Gasteiger partial charge in [0.1, 0.15) is 11.4 Å². The maximum absolute atomic E-state index is 13.7. The van der Waals surface area contributed by atoms with Crippen LogP contribution in [-0.4, -0.2) is 23.8 Å². The van der Waals surface area contributed by atoms with Crippen LogP contribution in [0.5, 0.6) is 5.75 Å². The SMILES string of the molecule is CCCCOc1ccc(-c2ccc(C)c(Cn3c(C(=O)OCC)c(-c4ccc(C(C)(C)C)cc4)c4ccccc43)c2)cc1. The van der Waals surface area contributed by atoms with Gasteiger partial charge in [-0.2, -0.15) is 0 Å². The molecule has 5 rings (SSSR count). The standard InChI is InChI=1S/C39H43NO3/c1-7-9-24-43-33-22-18-28(19-23-33)30-15-14-27(3)31(25-30)26-40-35-13-11-10-12-34(35)36(37(40)38(41)42-8-2)29-16-20-32(21-17-29)39(4,5)6/h10-23,25H,7-9,24,26H2,1-6H3. The topological polar surface area (TPSA) is 40.5 Å². The number of ether oxygens (including phenoxy) is 2. The Labute approximate surface area is 256 Å². The summed E-state index contributed by atoms with van der Waals surface area (Å²) >= 11 is 0. The number of aryl methyl sites for hydroxylation is 1. The third kappa shape index (κ3) is 6.54. The number of hydrogen-bond acceptors (Lipinski definition) is 3. The van der Waals surface area contributed by atoms with Crippen molar-refractivity contribution < 1.29 is 14.3 Å². The van der Waals surface area contributed by atoms with E-state index >= 15 is 0 Å². The van der Waals surface area contributed by atoms with Crippen molar-refractivity contribution >= 4 is 16.9 Å². The van der Waals surface area contributed by atoms with E-state index in [2.05, 4.69) is 106 Å². The van der Waals surface area contributed by atoms with Gasteiger partial charge < -0.3 is 14.0 Å². The summed E-state index contributed by atoms with van der Waals surface area (Å²) < 4.78 is 13.7. The molecule has 0 bridgehead atoms. The summed E-state index contributed by atoms with van der Waals surface area (Å²) in [4.78, 5) is 13.7. The summed E-state index contributed by atoms with van der Waals surface area (Å²) in [6.07, 6.45) is 2.17. The van der Waals surface area contributed by atoms with Crippen LogP contribution < -0.4 is 4.74 Å². The zero-order valence-corrected chi connectivity index (χ0v) is 26.4. The van der Waals surface area contributed by atoms with E-state index in [1.54, 1.807) is 0 Å². The first-order valence-corrected chi connectivity index (χ1v) is 15.4. The first-order chi connectivity index (χ1) is 20.7. The number of para-hydroxylation sites is 1. The molecule has 0 saturated carbocycles. The molecule has 0 aliphatic heterocycles. The number of aromatic nitrogens is 1. The van der Waals surface area contributed by atoms with E-state index in [1.807, 2.05) is 31.2 Å². The van der Waals surface area contributed by atoms with Crippen molar-refractivity contribution in [1.82, 2.24) is 4.57 Å². The summed E-state index contributed by atoms with van der Waals surface area (Å²) in [7, 11) is 0. The molecule has 4 aromatic carbocycles. The second-order valence-corrected chi connectivity index (χ2v) is 12.2. The molecule has 0 spiro atoms. The Hall–Kier alpha value is -4.31. The van der Waals surface area contributed by atoms with Crippen LogP contribution in [-0.2, 0) is 16.7 Å². The summed E-state index contributed by atoms with van der Waals surface area (Å²) in [6.45, 7) is 14.4. The first-order valence-electron chi connectivity index (χ1n) is 15.4. The fourth-order valence-electron chi connectivity index (χ4n) is 5.58. The lowest BCUT2D eigenvalue weighted by atomic mass is 9.86. The zero-order chi connectivity index (χ0) is 30.6. The van der Waals surface area contributed by atoms with Crippen LogP contribution in [0.25, 0.3) is 33.2 Å². The molecule has 0 unspecified atom stereocenters. The maximum Gasteiger partial charge on any atom is 0.355 e. The van der Waals surface area contributed by atoms with Gasteiger partial charge in [0.2, 0.25) is 0 Å². The van der Waals surface area contributed by atoms with Crippen LogP contribution >= 0.6 is 0 Å². The molecule has 222 valence electrons. The predicted octanol–water partition coefficient (Wildman–Crippen LogP) is 9.99. The van der Waals surface area contributed by atoms with E-state index < -0.39 is 0 Å². The molecule has 0 aliphatic carbocycles. The fraction of sp³-hybridized carbons (Fsp3) is 0.308. The molecule has 0 fully saturated rings. The minimum Gasteiger partial charge on any atom is -0.494 e. The lowest BCUT2D eigenvalue weighted by Gasteiger charge is -2.19. The number of esters is 1. The highest BCUT2D eigenvalue weighted by Gasteiger charge is 2.26. The van der Waals surface area contributed by atoms with Gasteiger partial charge in [-0.25, -0.2) is 4.79 Å². The Kier molecular flexibility index (Phi) is 9.05. The Bertz CT molecular complexity index is 1700. The second-order valence-electron chi connectivity index (χ2n) is 12.2. The molecule has 4 nitrogen and oxygen atoms in total. The van der Waals surface area contributed by atoms with Crippen molar-refractivity contribution in [1.29, 1.82) is 0 Å². The molecule has 5 aromatic rings. The number of nitrogens with zero attached hydrogens (tertiary/aromatic N) is 1. The summed E-state index contributed by atoms with van der Waals surface area (Å²) in [5.41, 5.74) is 9.42. The van der Waals surface area contributed by atoms with E-state index in [0.29, 0.717) is 18.8 Å². The van der Waals surface area contributed by atoms with Crippen molar-refractivity contribution in [3.8, 4) is 28.0 Å². The lowest BCUT2D eigenvalue weighted by molar-refractivity contribution is 0.0516. The normalized spacial score (nSPS) is 11.6. The molecule has 1 aromatic heterocycles. The van der Waals surface area contributed by atoms with Crippen LogP contribution in [0.3, 0.4) is 0 Å². The number of hydrogen-bond donors (Lipinski definition) is 0. The van der Waals surface area contributed by atoms with Crippen LogP contribution in [0.1, 0.15) is 74.6 Å². The minimum atomic E-state index is -0.305. The van der Waals surface area contributed by atoms with Gasteiger partial charge in [0, 0.05) is 23.0 Å². The molecule has 0 saturated heterocycles. The maximum atomic E-state index is 13.7. The second kappa shape index (κ2) is 12.9. The van der Waals surface area contributed by atoms with Crippen molar-refractivity contribution in [2.45, 2.75) is 66.3 Å². The third-order valence-corrected chi connectivity index (χ3v) is 8.11. The first kappa shape index (κ1) is 30.2. The Balaban J connectivity index is 1.59. The monoisotopic (exact) mass is 573 g/mol. The van der Waals surface area contributed by atoms with Crippen molar-refractivity contribution in [3.63, 3.8) is 0 Å². The average molecular weight is 574 g/mol. The summed E-state index contributed by atoms with van der Waals surface area (Å²) in [5.74, 6) is 0.589. The van der Waals surface area contributed by atoms with E-state index in [-0.39, 0.29) is 11.4 Å². The van der Waals surface area contributed by atoms with Gasteiger partial charge in [-0.05, 0) is 83.3 Å². The summed E-state index contributed by atoms with van der Waals surface area (Å²) in [5, 5.41) is 1.04. The largest absolute Gasteiger partial charge is 0.494 e. The number of rotatable bonds is 10. The van der Waals surface area contributed by atoms with Gasteiger partial charge in [-0.15, -0.1) is 0 Å². The van der Waals surface area contributed by atoms with Gasteiger partial charge in [0.05, 0.1) is 13.2 Å². The van der Waals surface area contributed by atoms with Crippen molar-refractivity contribution in [3.05, 3.63) is 113 Å². The van der Waals surface area contributed by atoms with Gasteiger partial charge in [0.25, 0.3) is 0 Å². The van der Waals surface area contributed by atoms with Crippen molar-refractivity contribution in [2.24, 2.45) is 0 Å². The van der Waals surface area contributed by atoms with Crippen molar-refractivity contribution in [2.75, 3.05) is 13.2 Å². The van der Waals surface area contributed by atoms with Gasteiger partial charge >= 0.3 is 5.97 Å². The molecule has 0 amide bonds. The highest BCUT2D eigenvalue weighted by molar-refractivity contribution is 6.08. The van der Waals surface area contributed by atoms with Crippen LogP contribution in [0.2, 0.25) is 0 Å². The fourth-order valence-corrected chi connectivity index (χ4v) is 5.58. The molecule has 4 heteroatoms. The summed E-state index contributed by atoms with van der Waals surface area (Å²) in [6, 6.07) is 31.8. The Morgan fingerprint density at radius 2 is 1.49 bits per heavy atom. The molecule has 0 N–H and O–H groups in total. The third-order valence-electron chi connectivity index (χ3n) is 8.11. The Morgan fingerprint density at radius 1 is 0.814 bits per heavy atom. The van der Waals surface area contributed by atoms with Gasteiger partial charge in [-0.3, -0.25) is 0 Å². The zero-order valence-electron chi connectivity index (χ0n) is 26.4. The highest BCUT2D eigenvalue weighted by atomic mass is 16.5. The van der Waals surface area contributed by atoms with Gasteiger partial charge in [-0.1, -0.05) is 101 Å². The van der Waals surface area contributed by atoms with E-state index in [0.717, 1.165) is 63.9 Å². The molecular weight excluding hydrogens is 530 g/mol. The van der Waals surface area contributed by atoms with E-state index in [1.165, 1.54) is 11.1 Å². The van der Waals surface area contributed by atoms with Crippen LogP contribution in [0.15, 0.2) is 91.0 Å². The van der Waals surface area contributed by atoms with E-state index in [4.69, 9.17) is 9.47 Å². The molecular formula is C39H43NO3. The Morgan fingerprint density at radius 3 is 2.16 bits per heavy atom. The average Bonchev–Trinajstić information content (AvgIpc) is 3.32.